The molecule has 0 unspecified atom stereocenters. The highest BCUT2D eigenvalue weighted by molar-refractivity contribution is 5.15. The number of rotatable bonds is 3. The summed E-state index contributed by atoms with van der Waals surface area (Å²) in [6, 6.07) is 2.76. The van der Waals surface area contributed by atoms with Gasteiger partial charge in [0, 0.05) is 18.8 Å². The molecule has 0 saturated carbocycles. The fourth-order valence-electron chi connectivity index (χ4n) is 1.01. The average molecular weight is 167 g/mol. The zero-order chi connectivity index (χ0) is 8.97. The van der Waals surface area contributed by atoms with E-state index < -0.39 is 0 Å². The maximum Gasteiger partial charge on any atom is 0.254 e. The van der Waals surface area contributed by atoms with E-state index in [9.17, 15) is 4.79 Å². The van der Waals surface area contributed by atoms with E-state index in [1.54, 1.807) is 10.8 Å². The average Bonchev–Trinajstić information content (AvgIpc) is 2.03. The van der Waals surface area contributed by atoms with Gasteiger partial charge in [0.15, 0.2) is 0 Å². The van der Waals surface area contributed by atoms with E-state index in [0.29, 0.717) is 0 Å². The number of pyridine rings is 1. The van der Waals surface area contributed by atoms with Crippen LogP contribution in [-0.4, -0.2) is 9.67 Å². The van der Waals surface area contributed by atoms with Crippen molar-refractivity contribution in [2.75, 3.05) is 0 Å². The maximum atomic E-state index is 11.1. The molecule has 1 aromatic heterocycles. The van der Waals surface area contributed by atoms with Crippen LogP contribution < -0.4 is 5.56 Å². The van der Waals surface area contributed by atoms with Crippen molar-refractivity contribution in [2.24, 2.45) is 0 Å². The van der Waals surface area contributed by atoms with Crippen molar-refractivity contribution in [1.29, 1.82) is 0 Å². The normalized spacial score (nSPS) is 10.1. The molecule has 0 radical (unpaired) electrons. The smallest absolute Gasteiger partial charge is 0.254 e. The van der Waals surface area contributed by atoms with Crippen LogP contribution in [0.2, 0.25) is 0 Å². The molecule has 0 amide bonds. The molecule has 3 nitrogen and oxygen atoms in total. The lowest BCUT2D eigenvalue weighted by Gasteiger charge is -2.02. The summed E-state index contributed by atoms with van der Waals surface area (Å²) in [5, 5.41) is 8.95. The van der Waals surface area contributed by atoms with E-state index in [4.69, 9.17) is 5.11 Å². The first-order valence-corrected chi connectivity index (χ1v) is 4.13. The first-order chi connectivity index (χ1) is 5.74. The lowest BCUT2D eigenvalue weighted by atomic mass is 10.3. The summed E-state index contributed by atoms with van der Waals surface area (Å²) >= 11 is 0. The number of aromatic nitrogens is 1. The lowest BCUT2D eigenvalue weighted by molar-refractivity contribution is 0.469. The Morgan fingerprint density at radius 2 is 2.33 bits per heavy atom. The van der Waals surface area contributed by atoms with Gasteiger partial charge in [-0.3, -0.25) is 4.79 Å². The Labute approximate surface area is 71.3 Å². The molecule has 3 heteroatoms. The Morgan fingerprint density at radius 3 is 2.92 bits per heavy atom. The fraction of sp³-hybridized carbons (Fsp3) is 0.444. The second kappa shape index (κ2) is 3.95. The highest BCUT2D eigenvalue weighted by Gasteiger charge is 1.95. The molecule has 1 N–H and O–H groups in total. The van der Waals surface area contributed by atoms with E-state index in [1.165, 1.54) is 12.1 Å². The second-order valence-corrected chi connectivity index (χ2v) is 2.77. The Bertz CT molecular complexity index is 304. The number of nitrogens with zero attached hydrogens (tertiary/aromatic N) is 1. The highest BCUT2D eigenvalue weighted by atomic mass is 16.3. The van der Waals surface area contributed by atoms with E-state index in [0.717, 1.165) is 19.4 Å². The number of hydrogen-bond donors (Lipinski definition) is 1. The minimum atomic E-state index is -0.136. The molecule has 0 aromatic carbocycles. The van der Waals surface area contributed by atoms with Gasteiger partial charge in [-0.15, -0.1) is 0 Å². The van der Waals surface area contributed by atoms with Gasteiger partial charge in [0.1, 0.15) is 5.75 Å². The van der Waals surface area contributed by atoms with Crippen molar-refractivity contribution in [3.63, 3.8) is 0 Å². The van der Waals surface area contributed by atoms with Crippen LogP contribution in [0.25, 0.3) is 0 Å². The van der Waals surface area contributed by atoms with Crippen LogP contribution in [0.1, 0.15) is 19.8 Å². The SMILES string of the molecule is CCCCn1ccc(O)cc1=O. The molecular formula is C9H13NO2. The van der Waals surface area contributed by atoms with Gasteiger partial charge >= 0.3 is 0 Å². The molecular weight excluding hydrogens is 154 g/mol. The van der Waals surface area contributed by atoms with Gasteiger partial charge in [0.05, 0.1) is 0 Å². The van der Waals surface area contributed by atoms with Crippen molar-refractivity contribution < 1.29 is 5.11 Å². The molecule has 0 aliphatic carbocycles. The Hall–Kier alpha value is -1.25. The number of aromatic hydroxyl groups is 1. The molecule has 0 fully saturated rings. The van der Waals surface area contributed by atoms with Crippen LogP contribution in [0.15, 0.2) is 23.1 Å². The first-order valence-electron chi connectivity index (χ1n) is 4.13. The molecule has 12 heavy (non-hydrogen) atoms. The van der Waals surface area contributed by atoms with Crippen LogP contribution in [0.5, 0.6) is 5.75 Å². The minimum absolute atomic E-state index is 0.0350. The zero-order valence-electron chi connectivity index (χ0n) is 7.16. The predicted octanol–water partition coefficient (Wildman–Crippen LogP) is 1.35. The van der Waals surface area contributed by atoms with Crippen molar-refractivity contribution in [3.05, 3.63) is 28.7 Å². The first kappa shape index (κ1) is 8.84. The van der Waals surface area contributed by atoms with Gasteiger partial charge < -0.3 is 9.67 Å². The monoisotopic (exact) mass is 167 g/mol. The molecule has 0 aliphatic heterocycles. The van der Waals surface area contributed by atoms with E-state index in [1.807, 2.05) is 0 Å². The van der Waals surface area contributed by atoms with Crippen LogP contribution in [0.3, 0.4) is 0 Å². The van der Waals surface area contributed by atoms with Gasteiger partial charge in [0.25, 0.3) is 5.56 Å². The fourth-order valence-corrected chi connectivity index (χ4v) is 1.01. The molecule has 1 aromatic rings. The minimum Gasteiger partial charge on any atom is -0.508 e. The van der Waals surface area contributed by atoms with Crippen molar-refractivity contribution in [1.82, 2.24) is 4.57 Å². The molecule has 0 saturated heterocycles. The summed E-state index contributed by atoms with van der Waals surface area (Å²) < 4.78 is 1.60. The number of hydrogen-bond acceptors (Lipinski definition) is 2. The van der Waals surface area contributed by atoms with Gasteiger partial charge in [-0.25, -0.2) is 0 Å². The summed E-state index contributed by atoms with van der Waals surface area (Å²) in [5.74, 6) is 0.0350. The molecule has 1 heterocycles. The molecule has 0 atom stereocenters. The maximum absolute atomic E-state index is 11.1. The van der Waals surface area contributed by atoms with E-state index in [-0.39, 0.29) is 11.3 Å². The molecule has 0 spiro atoms. The Morgan fingerprint density at radius 1 is 1.58 bits per heavy atom. The topological polar surface area (TPSA) is 42.2 Å². The van der Waals surface area contributed by atoms with Crippen LogP contribution in [0.4, 0.5) is 0 Å². The lowest BCUT2D eigenvalue weighted by Crippen LogP contribution is -2.17. The third-order valence-corrected chi connectivity index (χ3v) is 1.73. The molecule has 66 valence electrons. The Balaban J connectivity index is 2.80. The van der Waals surface area contributed by atoms with E-state index >= 15 is 0 Å². The number of unbranched alkanes of at least 4 members (excludes halogenated alkanes) is 1. The highest BCUT2D eigenvalue weighted by Crippen LogP contribution is 2.01. The molecule has 0 bridgehead atoms. The summed E-state index contributed by atoms with van der Waals surface area (Å²) in [6.07, 6.45) is 3.67. The van der Waals surface area contributed by atoms with Crippen LogP contribution in [0, 0.1) is 0 Å². The quantitative estimate of drug-likeness (QED) is 0.738. The van der Waals surface area contributed by atoms with Crippen molar-refractivity contribution >= 4 is 0 Å². The third kappa shape index (κ3) is 2.12. The van der Waals surface area contributed by atoms with Crippen molar-refractivity contribution in [2.45, 2.75) is 26.3 Å². The van der Waals surface area contributed by atoms with Crippen LogP contribution in [-0.2, 0) is 6.54 Å². The van der Waals surface area contributed by atoms with Gasteiger partial charge in [-0.2, -0.15) is 0 Å². The summed E-state index contributed by atoms with van der Waals surface area (Å²) in [6.45, 7) is 2.81. The Kier molecular flexibility index (Phi) is 2.91. The van der Waals surface area contributed by atoms with Crippen molar-refractivity contribution in [3.8, 4) is 5.75 Å². The third-order valence-electron chi connectivity index (χ3n) is 1.73. The van der Waals surface area contributed by atoms with Gasteiger partial charge in [-0.1, -0.05) is 13.3 Å². The summed E-state index contributed by atoms with van der Waals surface area (Å²) in [7, 11) is 0. The molecule has 0 aliphatic rings. The van der Waals surface area contributed by atoms with Gasteiger partial charge in [0.2, 0.25) is 0 Å². The summed E-state index contributed by atoms with van der Waals surface area (Å²) in [4.78, 5) is 11.1. The largest absolute Gasteiger partial charge is 0.508 e. The standard InChI is InChI=1S/C9H13NO2/c1-2-3-5-10-6-4-8(11)7-9(10)12/h4,6-7,11H,2-3,5H2,1H3. The van der Waals surface area contributed by atoms with Gasteiger partial charge in [-0.05, 0) is 12.5 Å². The second-order valence-electron chi connectivity index (χ2n) is 2.77. The number of aryl methyl sites for hydroxylation is 1. The summed E-state index contributed by atoms with van der Waals surface area (Å²) in [5.41, 5.74) is -0.136. The van der Waals surface area contributed by atoms with E-state index in [2.05, 4.69) is 6.92 Å². The zero-order valence-corrected chi connectivity index (χ0v) is 7.16. The van der Waals surface area contributed by atoms with Crippen LogP contribution >= 0.6 is 0 Å². The predicted molar refractivity (Wildman–Crippen MR) is 47.3 cm³/mol. The molecule has 1 rings (SSSR count).